The van der Waals surface area contributed by atoms with E-state index in [1.54, 1.807) is 20.0 Å². The maximum atomic E-state index is 11.8. The topological polar surface area (TPSA) is 103 Å². The summed E-state index contributed by atoms with van der Waals surface area (Å²) >= 11 is 0. The van der Waals surface area contributed by atoms with Gasteiger partial charge in [-0.2, -0.15) is 5.26 Å². The largest absolute Gasteiger partial charge is 0.345 e. The number of carbonyl (C=O) groups is 1. The molecule has 1 rings (SSSR count). The van der Waals surface area contributed by atoms with Crippen molar-refractivity contribution in [3.8, 4) is 6.07 Å². The molecule has 1 N–H and O–H groups in total. The summed E-state index contributed by atoms with van der Waals surface area (Å²) in [5.74, 6) is -0.326. The first-order valence-electron chi connectivity index (χ1n) is 5.50. The van der Waals surface area contributed by atoms with Crippen LogP contribution in [0.3, 0.4) is 0 Å². The van der Waals surface area contributed by atoms with Gasteiger partial charge in [0.25, 0.3) is 0 Å². The molecule has 1 aromatic heterocycles. The zero-order chi connectivity index (χ0) is 14.5. The number of likely N-dealkylation sites (N-methyl/N-ethyl adjacent to an activating group) is 1. The Hall–Kier alpha value is -1.98. The first-order valence-corrected chi connectivity index (χ1v) is 6.98. The van der Waals surface area contributed by atoms with Crippen molar-refractivity contribution in [2.75, 3.05) is 20.1 Å². The third-order valence-corrected chi connectivity index (χ3v) is 3.86. The molecule has 0 aromatic carbocycles. The van der Waals surface area contributed by atoms with Crippen LogP contribution in [0.15, 0.2) is 23.2 Å². The molecule has 1 heterocycles. The maximum absolute atomic E-state index is 11.8. The monoisotopic (exact) mass is 282 g/mol. The molecule has 1 amide bonds. The van der Waals surface area contributed by atoms with E-state index in [0.29, 0.717) is 6.54 Å². The fourth-order valence-electron chi connectivity index (χ4n) is 1.16. The summed E-state index contributed by atoms with van der Waals surface area (Å²) in [6.45, 7) is 1.97. The molecule has 0 radical (unpaired) electrons. The molecule has 19 heavy (non-hydrogen) atoms. The number of nitrogens with zero attached hydrogens (tertiary/aromatic N) is 3. The van der Waals surface area contributed by atoms with Gasteiger partial charge < -0.3 is 4.90 Å². The van der Waals surface area contributed by atoms with Crippen molar-refractivity contribution < 1.29 is 13.2 Å². The van der Waals surface area contributed by atoms with Crippen molar-refractivity contribution in [2.45, 2.75) is 11.8 Å². The van der Waals surface area contributed by atoms with Crippen molar-refractivity contribution in [1.82, 2.24) is 14.6 Å². The van der Waals surface area contributed by atoms with E-state index >= 15 is 0 Å². The van der Waals surface area contributed by atoms with Gasteiger partial charge in [0.05, 0.1) is 6.54 Å². The molecule has 0 unspecified atom stereocenters. The fourth-order valence-corrected chi connectivity index (χ4v) is 2.08. The predicted molar refractivity (Wildman–Crippen MR) is 67.5 cm³/mol. The van der Waals surface area contributed by atoms with Crippen LogP contribution in [-0.2, 0) is 14.8 Å². The van der Waals surface area contributed by atoms with Crippen LogP contribution >= 0.6 is 0 Å². The summed E-state index contributed by atoms with van der Waals surface area (Å²) in [5.41, 5.74) is 0.126. The quantitative estimate of drug-likeness (QED) is 0.799. The van der Waals surface area contributed by atoms with Gasteiger partial charge in [0, 0.05) is 19.8 Å². The van der Waals surface area contributed by atoms with Gasteiger partial charge in [0.1, 0.15) is 16.7 Å². The smallest absolute Gasteiger partial charge is 0.242 e. The highest BCUT2D eigenvalue weighted by atomic mass is 32.2. The second-order valence-electron chi connectivity index (χ2n) is 3.72. The molecule has 0 atom stereocenters. The van der Waals surface area contributed by atoms with Crippen molar-refractivity contribution >= 4 is 15.9 Å². The van der Waals surface area contributed by atoms with Gasteiger partial charge in [-0.05, 0) is 19.1 Å². The molecule has 0 bridgehead atoms. The summed E-state index contributed by atoms with van der Waals surface area (Å²) < 4.78 is 25.9. The number of nitrogens with one attached hydrogen (secondary N) is 1. The van der Waals surface area contributed by atoms with E-state index in [1.165, 1.54) is 17.0 Å². The van der Waals surface area contributed by atoms with Gasteiger partial charge in [-0.15, -0.1) is 0 Å². The molecular formula is C11H14N4O3S. The summed E-state index contributed by atoms with van der Waals surface area (Å²) in [4.78, 5) is 16.5. The lowest BCUT2D eigenvalue weighted by Gasteiger charge is -2.14. The molecule has 0 aliphatic rings. The SMILES string of the molecule is CCN(C)C(=O)CNS(=O)(=O)c1ccc(C#N)nc1. The average Bonchev–Trinajstić information content (AvgIpc) is 2.44. The number of nitriles is 1. The van der Waals surface area contributed by atoms with Gasteiger partial charge in [0.15, 0.2) is 0 Å². The van der Waals surface area contributed by atoms with Gasteiger partial charge in [0.2, 0.25) is 15.9 Å². The average molecular weight is 282 g/mol. The number of hydrogen-bond acceptors (Lipinski definition) is 5. The zero-order valence-electron chi connectivity index (χ0n) is 10.6. The Morgan fingerprint density at radius 2 is 2.21 bits per heavy atom. The number of sulfonamides is 1. The van der Waals surface area contributed by atoms with Gasteiger partial charge in [-0.1, -0.05) is 0 Å². The molecule has 0 fully saturated rings. The van der Waals surface area contributed by atoms with Crippen molar-refractivity contribution in [2.24, 2.45) is 0 Å². The molecule has 0 aliphatic carbocycles. The van der Waals surface area contributed by atoms with Crippen molar-refractivity contribution in [1.29, 1.82) is 5.26 Å². The third kappa shape index (κ3) is 4.01. The summed E-state index contributed by atoms with van der Waals surface area (Å²) in [6, 6.07) is 4.36. The number of carbonyl (C=O) groups excluding carboxylic acids is 1. The summed E-state index contributed by atoms with van der Waals surface area (Å²) in [7, 11) is -2.21. The van der Waals surface area contributed by atoms with Crippen LogP contribution in [-0.4, -0.2) is 44.3 Å². The van der Waals surface area contributed by atoms with Crippen LogP contribution in [0.4, 0.5) is 0 Å². The predicted octanol–water partition coefficient (Wildman–Crippen LogP) is -0.290. The summed E-state index contributed by atoms with van der Waals surface area (Å²) in [6.07, 6.45) is 1.08. The molecule has 0 spiro atoms. The van der Waals surface area contributed by atoms with Crippen LogP contribution in [0, 0.1) is 11.3 Å². The molecule has 0 aliphatic heterocycles. The first kappa shape index (κ1) is 15.1. The fraction of sp³-hybridized carbons (Fsp3) is 0.364. The molecule has 0 saturated carbocycles. The minimum atomic E-state index is -3.79. The molecule has 102 valence electrons. The Kier molecular flexibility index (Phi) is 4.97. The number of amides is 1. The van der Waals surface area contributed by atoms with Crippen LogP contribution in [0.25, 0.3) is 0 Å². The zero-order valence-corrected chi connectivity index (χ0v) is 11.4. The first-order chi connectivity index (χ1) is 8.90. The van der Waals surface area contributed by atoms with E-state index in [9.17, 15) is 13.2 Å². The Labute approximate surface area is 111 Å². The lowest BCUT2D eigenvalue weighted by atomic mass is 10.4. The van der Waals surface area contributed by atoms with Crippen LogP contribution in [0.1, 0.15) is 12.6 Å². The lowest BCUT2D eigenvalue weighted by molar-refractivity contribution is -0.128. The highest BCUT2D eigenvalue weighted by Gasteiger charge is 2.17. The van der Waals surface area contributed by atoms with Crippen LogP contribution < -0.4 is 4.72 Å². The van der Waals surface area contributed by atoms with Crippen LogP contribution in [0.5, 0.6) is 0 Å². The Morgan fingerprint density at radius 1 is 1.53 bits per heavy atom. The maximum Gasteiger partial charge on any atom is 0.242 e. The second kappa shape index (κ2) is 6.26. The summed E-state index contributed by atoms with van der Waals surface area (Å²) in [5, 5.41) is 8.57. The van der Waals surface area contributed by atoms with Crippen molar-refractivity contribution in [3.05, 3.63) is 24.0 Å². The number of rotatable bonds is 5. The molecular weight excluding hydrogens is 268 g/mol. The highest BCUT2D eigenvalue weighted by molar-refractivity contribution is 7.89. The Bertz CT molecular complexity index is 589. The minimum Gasteiger partial charge on any atom is -0.345 e. The lowest BCUT2D eigenvalue weighted by Crippen LogP contribution is -2.37. The van der Waals surface area contributed by atoms with E-state index in [0.717, 1.165) is 6.20 Å². The number of aromatic nitrogens is 1. The van der Waals surface area contributed by atoms with E-state index in [1.807, 2.05) is 0 Å². The van der Waals surface area contributed by atoms with E-state index < -0.39 is 10.0 Å². The van der Waals surface area contributed by atoms with Crippen LogP contribution in [0.2, 0.25) is 0 Å². The highest BCUT2D eigenvalue weighted by Crippen LogP contribution is 2.07. The number of pyridine rings is 1. The van der Waals surface area contributed by atoms with Gasteiger partial charge >= 0.3 is 0 Å². The molecule has 8 heteroatoms. The third-order valence-electron chi connectivity index (χ3n) is 2.47. The molecule has 1 aromatic rings. The Morgan fingerprint density at radius 3 is 2.68 bits per heavy atom. The van der Waals surface area contributed by atoms with Crippen molar-refractivity contribution in [3.63, 3.8) is 0 Å². The Balaban J connectivity index is 2.76. The van der Waals surface area contributed by atoms with E-state index in [4.69, 9.17) is 5.26 Å². The second-order valence-corrected chi connectivity index (χ2v) is 5.49. The molecule has 7 nitrogen and oxygen atoms in total. The molecule has 0 saturated heterocycles. The van der Waals surface area contributed by atoms with Gasteiger partial charge in [-0.25, -0.2) is 18.1 Å². The normalized spacial score (nSPS) is 10.8. The number of hydrogen-bond donors (Lipinski definition) is 1. The van der Waals surface area contributed by atoms with E-state index in [-0.39, 0.29) is 23.0 Å². The standard InChI is InChI=1S/C11H14N4O3S/c1-3-15(2)11(16)8-14-19(17,18)10-5-4-9(6-12)13-7-10/h4-5,7,14H,3,8H2,1-2H3. The minimum absolute atomic E-state index is 0.0848. The van der Waals surface area contributed by atoms with E-state index in [2.05, 4.69) is 9.71 Å². The van der Waals surface area contributed by atoms with Gasteiger partial charge in [-0.3, -0.25) is 4.79 Å².